The topological polar surface area (TPSA) is 151 Å². The first-order valence-electron chi connectivity index (χ1n) is 9.15. The maximum Gasteiger partial charge on any atom is 0.226 e. The molecule has 0 unspecified atom stereocenters. The van der Waals surface area contributed by atoms with Gasteiger partial charge in [-0.1, -0.05) is 20.8 Å². The van der Waals surface area contributed by atoms with Crippen LogP contribution >= 0.6 is 0 Å². The second kappa shape index (κ2) is 13.9. The van der Waals surface area contributed by atoms with Gasteiger partial charge in [-0.2, -0.15) is 0 Å². The van der Waals surface area contributed by atoms with E-state index in [1.165, 1.54) is 37.0 Å². The number of aromatic hydroxyl groups is 3. The molecular formula is C21H24O9V. The van der Waals surface area contributed by atoms with Crippen LogP contribution in [0.5, 0.6) is 17.2 Å². The Hall–Kier alpha value is -3.17. The number of hydrogen-bond acceptors (Lipinski definition) is 9. The fraction of sp³-hybridized carbons (Fsp3) is 0.286. The van der Waals surface area contributed by atoms with Gasteiger partial charge in [-0.15, -0.1) is 0 Å². The predicted molar refractivity (Wildman–Crippen MR) is 108 cm³/mol. The van der Waals surface area contributed by atoms with Gasteiger partial charge in [0.1, 0.15) is 17.3 Å². The fourth-order valence-electron chi connectivity index (χ4n) is 2.10. The van der Waals surface area contributed by atoms with E-state index in [0.717, 1.165) is 0 Å². The standard InChI is InChI=1S/3C7H8O3.V/c3*1-2-6-7(9)5(8)3-4-10-6;/h3*3-4,9H,2H2,1H3;. The summed E-state index contributed by atoms with van der Waals surface area (Å²) in [6.45, 7) is 5.41. The molecule has 167 valence electrons. The molecule has 3 aromatic rings. The monoisotopic (exact) mass is 471 g/mol. The number of rotatable bonds is 3. The third kappa shape index (κ3) is 8.23. The molecule has 0 bridgehead atoms. The van der Waals surface area contributed by atoms with Crippen molar-refractivity contribution in [3.8, 4) is 17.2 Å². The molecular weight excluding hydrogens is 447 g/mol. The minimum atomic E-state index is -0.386. The summed E-state index contributed by atoms with van der Waals surface area (Å²) >= 11 is 0. The summed E-state index contributed by atoms with van der Waals surface area (Å²) in [5.41, 5.74) is -1.16. The molecule has 0 atom stereocenters. The van der Waals surface area contributed by atoms with E-state index < -0.39 is 0 Å². The summed E-state index contributed by atoms with van der Waals surface area (Å²) in [4.78, 5) is 32.1. The van der Waals surface area contributed by atoms with Crippen molar-refractivity contribution in [3.63, 3.8) is 0 Å². The summed E-state index contributed by atoms with van der Waals surface area (Å²) in [7, 11) is 0. The van der Waals surface area contributed by atoms with E-state index in [0.29, 0.717) is 36.5 Å². The van der Waals surface area contributed by atoms with Crippen LogP contribution in [0.15, 0.2) is 64.6 Å². The van der Waals surface area contributed by atoms with Crippen LogP contribution in [-0.4, -0.2) is 15.3 Å². The van der Waals surface area contributed by atoms with E-state index in [-0.39, 0.29) is 52.1 Å². The van der Waals surface area contributed by atoms with Crippen molar-refractivity contribution in [1.82, 2.24) is 0 Å². The molecule has 0 aliphatic carbocycles. The second-order valence-corrected chi connectivity index (χ2v) is 5.73. The van der Waals surface area contributed by atoms with Crippen molar-refractivity contribution >= 4 is 0 Å². The van der Waals surface area contributed by atoms with Crippen LogP contribution in [0.4, 0.5) is 0 Å². The zero-order chi connectivity index (χ0) is 22.7. The molecule has 0 aromatic carbocycles. The van der Waals surface area contributed by atoms with Crippen LogP contribution < -0.4 is 16.3 Å². The van der Waals surface area contributed by atoms with E-state index in [1.807, 2.05) is 0 Å². The predicted octanol–water partition coefficient (Wildman–Crippen LogP) is 2.72. The molecule has 10 heteroatoms. The Bertz CT molecular complexity index is 971. The first-order valence-corrected chi connectivity index (χ1v) is 9.15. The average Bonchev–Trinajstić information content (AvgIpc) is 2.75. The van der Waals surface area contributed by atoms with Gasteiger partial charge >= 0.3 is 0 Å². The normalized spacial score (nSPS) is 9.39. The first-order chi connectivity index (χ1) is 14.3. The molecule has 3 N–H and O–H groups in total. The van der Waals surface area contributed by atoms with Crippen molar-refractivity contribution in [2.75, 3.05) is 0 Å². The van der Waals surface area contributed by atoms with Crippen LogP contribution in [0.3, 0.4) is 0 Å². The first kappa shape index (κ1) is 27.8. The quantitative estimate of drug-likeness (QED) is 0.524. The zero-order valence-corrected chi connectivity index (χ0v) is 18.7. The molecule has 0 saturated heterocycles. The van der Waals surface area contributed by atoms with Crippen molar-refractivity contribution < 1.29 is 47.1 Å². The van der Waals surface area contributed by atoms with E-state index in [9.17, 15) is 14.4 Å². The Balaban J connectivity index is 0.000000429. The number of aryl methyl sites for hydroxylation is 3. The maximum atomic E-state index is 10.7. The van der Waals surface area contributed by atoms with E-state index in [4.69, 9.17) is 28.6 Å². The molecule has 0 aliphatic heterocycles. The molecule has 0 amide bonds. The van der Waals surface area contributed by atoms with Crippen LogP contribution in [0.2, 0.25) is 0 Å². The molecule has 3 rings (SSSR count). The van der Waals surface area contributed by atoms with Crippen LogP contribution in [0.1, 0.15) is 38.1 Å². The second-order valence-electron chi connectivity index (χ2n) is 5.73. The molecule has 0 spiro atoms. The zero-order valence-electron chi connectivity index (χ0n) is 17.3. The number of hydrogen-bond donors (Lipinski definition) is 3. The largest absolute Gasteiger partial charge is 0.502 e. The minimum Gasteiger partial charge on any atom is -0.502 e. The summed E-state index contributed by atoms with van der Waals surface area (Å²) in [6, 6.07) is 3.57. The van der Waals surface area contributed by atoms with Gasteiger partial charge in [0.2, 0.25) is 33.5 Å². The Kier molecular flexibility index (Phi) is 12.5. The molecule has 3 aromatic heterocycles. The Morgan fingerprint density at radius 1 is 0.581 bits per heavy atom. The molecule has 31 heavy (non-hydrogen) atoms. The third-order valence-electron chi connectivity index (χ3n) is 3.75. The van der Waals surface area contributed by atoms with Crippen LogP contribution in [0, 0.1) is 0 Å². The van der Waals surface area contributed by atoms with Gasteiger partial charge in [0.25, 0.3) is 0 Å². The third-order valence-corrected chi connectivity index (χ3v) is 3.75. The Labute approximate surface area is 189 Å². The van der Waals surface area contributed by atoms with Crippen molar-refractivity contribution in [1.29, 1.82) is 0 Å². The van der Waals surface area contributed by atoms with Crippen molar-refractivity contribution in [3.05, 3.63) is 84.9 Å². The van der Waals surface area contributed by atoms with Crippen LogP contribution in [-0.2, 0) is 37.8 Å². The summed E-state index contributed by atoms with van der Waals surface area (Å²) in [5.74, 6) is 0.201. The maximum absolute atomic E-state index is 10.7. The Morgan fingerprint density at radius 3 is 0.968 bits per heavy atom. The summed E-state index contributed by atoms with van der Waals surface area (Å²) in [6.07, 6.45) is 5.42. The SMILES string of the molecule is CCc1occc(=O)c1O.CCc1occc(=O)c1O.CCc1occc(=O)c1O.[V]. The molecule has 0 saturated carbocycles. The summed E-state index contributed by atoms with van der Waals surface area (Å²) < 4.78 is 14.5. The Morgan fingerprint density at radius 2 is 0.806 bits per heavy atom. The molecule has 1 radical (unpaired) electrons. The van der Waals surface area contributed by atoms with Gasteiger partial charge in [-0.3, -0.25) is 14.4 Å². The minimum absolute atomic E-state index is 0. The van der Waals surface area contributed by atoms with Crippen molar-refractivity contribution in [2.24, 2.45) is 0 Å². The van der Waals surface area contributed by atoms with E-state index in [1.54, 1.807) is 20.8 Å². The van der Waals surface area contributed by atoms with E-state index >= 15 is 0 Å². The summed E-state index contributed by atoms with van der Waals surface area (Å²) in [5, 5.41) is 27.0. The van der Waals surface area contributed by atoms with Gasteiger partial charge < -0.3 is 28.6 Å². The van der Waals surface area contributed by atoms with Gasteiger partial charge in [-0.25, -0.2) is 0 Å². The van der Waals surface area contributed by atoms with Gasteiger partial charge in [0.05, 0.1) is 18.8 Å². The molecule has 0 fully saturated rings. The fourth-order valence-corrected chi connectivity index (χ4v) is 2.10. The molecule has 9 nitrogen and oxygen atoms in total. The van der Waals surface area contributed by atoms with Gasteiger partial charge in [0.15, 0.2) is 0 Å². The van der Waals surface area contributed by atoms with Crippen LogP contribution in [0.25, 0.3) is 0 Å². The van der Waals surface area contributed by atoms with Gasteiger partial charge in [-0.05, 0) is 0 Å². The van der Waals surface area contributed by atoms with Crippen molar-refractivity contribution in [2.45, 2.75) is 40.0 Å². The molecule has 0 aliphatic rings. The van der Waals surface area contributed by atoms with Gasteiger partial charge in [0, 0.05) is 56.0 Å². The molecule has 3 heterocycles. The average molecular weight is 471 g/mol. The smallest absolute Gasteiger partial charge is 0.226 e. The van der Waals surface area contributed by atoms with E-state index in [2.05, 4.69) is 0 Å².